The number of rotatable bonds is 8. The summed E-state index contributed by atoms with van der Waals surface area (Å²) in [5.74, 6) is 0.148. The largest absolute Gasteiger partial charge is 0.497 e. The van der Waals surface area contributed by atoms with Gasteiger partial charge in [-0.3, -0.25) is 0 Å². The maximum Gasteiger partial charge on any atom is 0.268 e. The fourth-order valence-electron chi connectivity index (χ4n) is 4.02. The Balaban J connectivity index is 1.70. The summed E-state index contributed by atoms with van der Waals surface area (Å²) in [6.07, 6.45) is 0.955. The molecular formula is C23H27FN4O3S2. The van der Waals surface area contributed by atoms with Crippen LogP contribution in [0.15, 0.2) is 52.2 Å². The van der Waals surface area contributed by atoms with Gasteiger partial charge in [0.05, 0.1) is 19.2 Å². The first-order valence-corrected chi connectivity index (χ1v) is 13.0. The van der Waals surface area contributed by atoms with E-state index in [1.807, 2.05) is 18.9 Å². The van der Waals surface area contributed by atoms with Gasteiger partial charge in [-0.15, -0.1) is 11.3 Å². The fourth-order valence-corrected chi connectivity index (χ4v) is 6.16. The summed E-state index contributed by atoms with van der Waals surface area (Å²) in [6, 6.07) is 10.1. The summed E-state index contributed by atoms with van der Waals surface area (Å²) in [5, 5.41) is 4.94. The van der Waals surface area contributed by atoms with Gasteiger partial charge in [0, 0.05) is 30.7 Å². The van der Waals surface area contributed by atoms with Crippen molar-refractivity contribution in [1.82, 2.24) is 10.3 Å². The number of anilines is 2. The first-order chi connectivity index (χ1) is 15.8. The normalized spacial score (nSPS) is 16.1. The van der Waals surface area contributed by atoms with E-state index in [2.05, 4.69) is 10.3 Å². The van der Waals surface area contributed by atoms with E-state index >= 15 is 4.39 Å². The number of hydrogen-bond acceptors (Lipinski definition) is 7. The number of hydrogen-bond donors (Lipinski definition) is 1. The molecule has 0 saturated carbocycles. The summed E-state index contributed by atoms with van der Waals surface area (Å²) in [5.41, 5.74) is 3.68. The maximum atomic E-state index is 15.3. The van der Waals surface area contributed by atoms with Crippen molar-refractivity contribution in [2.75, 3.05) is 36.5 Å². The molecule has 1 N–H and O–H groups in total. The smallest absolute Gasteiger partial charge is 0.268 e. The third-order valence-corrected chi connectivity index (χ3v) is 8.28. The zero-order valence-corrected chi connectivity index (χ0v) is 20.4. The molecule has 1 aromatic heterocycles. The Morgan fingerprint density at radius 1 is 1.27 bits per heavy atom. The molecule has 1 aliphatic rings. The van der Waals surface area contributed by atoms with Gasteiger partial charge in [-0.25, -0.2) is 22.1 Å². The molecule has 2 heterocycles. The SMILES string of the molecule is COc1ccc(CN(c2cscn2)S(=O)(=O)c2cc(C)c(N(C)C3CCNC3)cc2F)cc1. The average Bonchev–Trinajstić information content (AvgIpc) is 3.53. The topological polar surface area (TPSA) is 74.8 Å². The highest BCUT2D eigenvalue weighted by atomic mass is 32.2. The van der Waals surface area contributed by atoms with Gasteiger partial charge in [-0.1, -0.05) is 12.1 Å². The second-order valence-electron chi connectivity index (χ2n) is 8.03. The van der Waals surface area contributed by atoms with Crippen LogP contribution in [0, 0.1) is 12.7 Å². The molecule has 176 valence electrons. The molecule has 3 aromatic rings. The van der Waals surface area contributed by atoms with Gasteiger partial charge in [0.15, 0.2) is 5.82 Å². The lowest BCUT2D eigenvalue weighted by molar-refractivity contribution is 0.414. The van der Waals surface area contributed by atoms with Crippen LogP contribution in [-0.2, 0) is 16.6 Å². The number of methoxy groups -OCH3 is 1. The van der Waals surface area contributed by atoms with Gasteiger partial charge in [-0.2, -0.15) is 0 Å². The number of aromatic nitrogens is 1. The molecule has 10 heteroatoms. The third kappa shape index (κ3) is 4.83. The van der Waals surface area contributed by atoms with Gasteiger partial charge in [0.1, 0.15) is 16.5 Å². The van der Waals surface area contributed by atoms with E-state index in [-0.39, 0.29) is 23.3 Å². The van der Waals surface area contributed by atoms with Crippen molar-refractivity contribution in [3.05, 3.63) is 64.2 Å². The number of likely N-dealkylation sites (N-methyl/N-ethyl adjacent to an activating group) is 1. The van der Waals surface area contributed by atoms with Crippen LogP contribution in [0.3, 0.4) is 0 Å². The van der Waals surface area contributed by atoms with Crippen LogP contribution < -0.4 is 19.3 Å². The van der Waals surface area contributed by atoms with Gasteiger partial charge in [-0.05, 0) is 55.3 Å². The first-order valence-electron chi connectivity index (χ1n) is 10.6. The molecule has 0 aliphatic carbocycles. The van der Waals surface area contributed by atoms with Crippen molar-refractivity contribution < 1.29 is 17.5 Å². The van der Waals surface area contributed by atoms with Gasteiger partial charge >= 0.3 is 0 Å². The highest BCUT2D eigenvalue weighted by Crippen LogP contribution is 2.32. The molecule has 1 aliphatic heterocycles. The minimum Gasteiger partial charge on any atom is -0.497 e. The summed E-state index contributed by atoms with van der Waals surface area (Å²) in [7, 11) is -0.731. The number of sulfonamides is 1. The zero-order chi connectivity index (χ0) is 23.6. The number of nitrogens with one attached hydrogen (secondary N) is 1. The molecule has 0 radical (unpaired) electrons. The molecule has 0 amide bonds. The van der Waals surface area contributed by atoms with E-state index in [1.54, 1.807) is 42.3 Å². The van der Waals surface area contributed by atoms with Crippen LogP contribution in [0.1, 0.15) is 17.5 Å². The van der Waals surface area contributed by atoms with Crippen molar-refractivity contribution in [3.63, 3.8) is 0 Å². The molecular weight excluding hydrogens is 463 g/mol. The number of aryl methyl sites for hydroxylation is 1. The summed E-state index contributed by atoms with van der Waals surface area (Å²) >= 11 is 1.28. The van der Waals surface area contributed by atoms with E-state index in [0.717, 1.165) is 29.4 Å². The highest BCUT2D eigenvalue weighted by Gasteiger charge is 2.31. The van der Waals surface area contributed by atoms with Crippen molar-refractivity contribution in [2.45, 2.75) is 30.8 Å². The van der Waals surface area contributed by atoms with E-state index in [0.29, 0.717) is 17.0 Å². The summed E-state index contributed by atoms with van der Waals surface area (Å²) in [4.78, 5) is 5.85. The second-order valence-corrected chi connectivity index (χ2v) is 10.6. The molecule has 4 rings (SSSR count). The van der Waals surface area contributed by atoms with E-state index in [4.69, 9.17) is 4.74 Å². The quantitative estimate of drug-likeness (QED) is 0.518. The summed E-state index contributed by atoms with van der Waals surface area (Å²) < 4.78 is 49.0. The van der Waals surface area contributed by atoms with Crippen LogP contribution >= 0.6 is 11.3 Å². The number of thiazole rings is 1. The number of nitrogens with zero attached hydrogens (tertiary/aromatic N) is 3. The van der Waals surface area contributed by atoms with Crippen LogP contribution in [0.25, 0.3) is 0 Å². The molecule has 2 aromatic carbocycles. The van der Waals surface area contributed by atoms with E-state index in [1.165, 1.54) is 23.5 Å². The van der Waals surface area contributed by atoms with Crippen LogP contribution in [0.5, 0.6) is 5.75 Å². The lowest BCUT2D eigenvalue weighted by Crippen LogP contribution is -2.34. The van der Waals surface area contributed by atoms with Gasteiger partial charge < -0.3 is 15.0 Å². The van der Waals surface area contributed by atoms with Gasteiger partial charge in [0.2, 0.25) is 0 Å². The summed E-state index contributed by atoms with van der Waals surface area (Å²) in [6.45, 7) is 3.56. The molecule has 33 heavy (non-hydrogen) atoms. The minimum absolute atomic E-state index is 0.0178. The molecule has 1 atom stereocenters. The number of halogens is 1. The Morgan fingerprint density at radius 2 is 2.03 bits per heavy atom. The predicted molar refractivity (Wildman–Crippen MR) is 129 cm³/mol. The van der Waals surface area contributed by atoms with Crippen molar-refractivity contribution >= 4 is 32.9 Å². The third-order valence-electron chi connectivity index (χ3n) is 5.94. The standard InChI is InChI=1S/C23H27FN4O3S2/c1-16-10-22(20(24)11-21(16)27(2)18-8-9-25-12-18)33(29,30)28(23-14-32-15-26-23)13-17-4-6-19(31-3)7-5-17/h4-7,10-11,14-15,18,25H,8-9,12-13H2,1-3H3. The van der Waals surface area contributed by atoms with Gasteiger partial charge in [0.25, 0.3) is 10.0 Å². The average molecular weight is 491 g/mol. The lowest BCUT2D eigenvalue weighted by atomic mass is 10.1. The predicted octanol–water partition coefficient (Wildman–Crippen LogP) is 3.79. The molecule has 1 fully saturated rings. The molecule has 0 spiro atoms. The second kappa shape index (κ2) is 9.66. The minimum atomic E-state index is -4.21. The van der Waals surface area contributed by atoms with Crippen LogP contribution in [0.4, 0.5) is 15.9 Å². The van der Waals surface area contributed by atoms with E-state index < -0.39 is 15.8 Å². The number of benzene rings is 2. The highest BCUT2D eigenvalue weighted by molar-refractivity contribution is 7.92. The fraction of sp³-hybridized carbons (Fsp3) is 0.348. The first kappa shape index (κ1) is 23.5. The number of ether oxygens (including phenoxy) is 1. The molecule has 1 unspecified atom stereocenters. The van der Waals surface area contributed by atoms with E-state index in [9.17, 15) is 8.42 Å². The Hall–Kier alpha value is -2.69. The zero-order valence-electron chi connectivity index (χ0n) is 18.8. The molecule has 7 nitrogen and oxygen atoms in total. The molecule has 0 bridgehead atoms. The monoisotopic (exact) mass is 490 g/mol. The lowest BCUT2D eigenvalue weighted by Gasteiger charge is -2.29. The van der Waals surface area contributed by atoms with Crippen LogP contribution in [0.2, 0.25) is 0 Å². The Labute approximate surface area is 197 Å². The molecule has 1 saturated heterocycles. The Kier molecular flexibility index (Phi) is 6.87. The van der Waals surface area contributed by atoms with Crippen molar-refractivity contribution in [3.8, 4) is 5.75 Å². The van der Waals surface area contributed by atoms with Crippen LogP contribution in [-0.4, -0.2) is 46.7 Å². The van der Waals surface area contributed by atoms with Crippen molar-refractivity contribution in [2.24, 2.45) is 0 Å². The van der Waals surface area contributed by atoms with Crippen molar-refractivity contribution in [1.29, 1.82) is 0 Å². The Bertz CT molecular complexity index is 1200. The maximum absolute atomic E-state index is 15.3. The Morgan fingerprint density at radius 3 is 2.64 bits per heavy atom.